The minimum Gasteiger partial charge on any atom is -0.453 e. The van der Waals surface area contributed by atoms with Crippen molar-refractivity contribution in [1.82, 2.24) is 15.5 Å². The van der Waals surface area contributed by atoms with E-state index in [1.165, 1.54) is 20.4 Å². The third-order valence-corrected chi connectivity index (χ3v) is 4.72. The summed E-state index contributed by atoms with van der Waals surface area (Å²) >= 11 is 0. The second-order valence-electron chi connectivity index (χ2n) is 6.30. The van der Waals surface area contributed by atoms with Crippen LogP contribution < -0.4 is 16.4 Å². The Hall–Kier alpha value is -1.96. The fraction of sp³-hybridized carbons (Fsp3) is 0.765. The SMILES string of the molecule is CCC(N/C(C)=C\N)[C@@H]1CCCN1C(=O)[C@@H](NC(=O)OC)[C@H](C)OC. The van der Waals surface area contributed by atoms with E-state index in [1.54, 1.807) is 6.92 Å². The van der Waals surface area contributed by atoms with Gasteiger partial charge in [-0.05, 0) is 33.1 Å². The topological polar surface area (TPSA) is 106 Å². The molecule has 0 aromatic rings. The predicted molar refractivity (Wildman–Crippen MR) is 95.7 cm³/mol. The molecule has 1 aliphatic heterocycles. The van der Waals surface area contributed by atoms with Crippen molar-refractivity contribution in [2.45, 2.75) is 64.3 Å². The summed E-state index contributed by atoms with van der Waals surface area (Å²) < 4.78 is 9.92. The molecule has 0 aliphatic carbocycles. The molecule has 4 atom stereocenters. The van der Waals surface area contributed by atoms with Crippen molar-refractivity contribution in [3.05, 3.63) is 11.9 Å². The minimum absolute atomic E-state index is 0.0402. The van der Waals surface area contributed by atoms with Crippen molar-refractivity contribution in [3.8, 4) is 0 Å². The molecule has 0 spiro atoms. The van der Waals surface area contributed by atoms with E-state index >= 15 is 0 Å². The van der Waals surface area contributed by atoms with E-state index in [0.29, 0.717) is 6.54 Å². The van der Waals surface area contributed by atoms with E-state index in [2.05, 4.69) is 22.3 Å². The molecule has 1 heterocycles. The molecule has 0 aromatic carbocycles. The summed E-state index contributed by atoms with van der Waals surface area (Å²) in [5.74, 6) is -0.156. The second-order valence-corrected chi connectivity index (χ2v) is 6.30. The maximum absolute atomic E-state index is 13.1. The number of allylic oxidation sites excluding steroid dienone is 1. The van der Waals surface area contributed by atoms with Crippen LogP contribution in [0, 0.1) is 0 Å². The fourth-order valence-corrected chi connectivity index (χ4v) is 3.18. The van der Waals surface area contributed by atoms with E-state index in [9.17, 15) is 9.59 Å². The Morgan fingerprint density at radius 3 is 2.56 bits per heavy atom. The van der Waals surface area contributed by atoms with Gasteiger partial charge in [0.1, 0.15) is 6.04 Å². The molecular weight excluding hydrogens is 324 g/mol. The summed E-state index contributed by atoms with van der Waals surface area (Å²) in [6, 6.07) is -0.650. The summed E-state index contributed by atoms with van der Waals surface area (Å²) in [5, 5.41) is 5.97. The number of alkyl carbamates (subject to hydrolysis) is 1. The summed E-state index contributed by atoms with van der Waals surface area (Å²) in [6.07, 6.45) is 3.09. The van der Waals surface area contributed by atoms with Crippen molar-refractivity contribution in [2.24, 2.45) is 5.73 Å². The molecule has 0 bridgehead atoms. The molecule has 1 fully saturated rings. The van der Waals surface area contributed by atoms with Crippen LogP contribution in [-0.4, -0.2) is 61.9 Å². The molecule has 2 amide bonds. The third kappa shape index (κ3) is 5.52. The molecule has 0 saturated carbocycles. The molecule has 0 aromatic heterocycles. The van der Waals surface area contributed by atoms with Gasteiger partial charge in [0.25, 0.3) is 0 Å². The highest BCUT2D eigenvalue weighted by atomic mass is 16.5. The number of rotatable bonds is 8. The first-order valence-electron chi connectivity index (χ1n) is 8.72. The first kappa shape index (κ1) is 21.1. The van der Waals surface area contributed by atoms with Gasteiger partial charge in [0, 0.05) is 31.6 Å². The smallest absolute Gasteiger partial charge is 0.407 e. The van der Waals surface area contributed by atoms with Gasteiger partial charge in [-0.25, -0.2) is 4.79 Å². The largest absolute Gasteiger partial charge is 0.453 e. The highest BCUT2D eigenvalue weighted by Gasteiger charge is 2.39. The molecule has 25 heavy (non-hydrogen) atoms. The van der Waals surface area contributed by atoms with E-state index in [1.807, 2.05) is 11.8 Å². The number of methoxy groups -OCH3 is 2. The van der Waals surface area contributed by atoms with Crippen LogP contribution in [0.4, 0.5) is 4.79 Å². The number of hydrogen-bond acceptors (Lipinski definition) is 6. The molecular formula is C17H32N4O4. The summed E-state index contributed by atoms with van der Waals surface area (Å²) in [5.41, 5.74) is 6.44. The van der Waals surface area contributed by atoms with E-state index in [4.69, 9.17) is 10.5 Å². The predicted octanol–water partition coefficient (Wildman–Crippen LogP) is 0.925. The van der Waals surface area contributed by atoms with Gasteiger partial charge in [-0.2, -0.15) is 0 Å². The van der Waals surface area contributed by atoms with E-state index in [-0.39, 0.29) is 18.0 Å². The van der Waals surface area contributed by atoms with Crippen LogP contribution in [0.5, 0.6) is 0 Å². The standard InChI is InChI=1S/C17H32N4O4/c1-6-13(19-11(2)10-18)14-8-7-9-21(14)16(22)15(12(3)24-4)20-17(23)25-5/h10,12-15,19H,6-9,18H2,1-5H3,(H,20,23)/b11-10-/t12-,13?,14-,15-/m0/s1. The number of nitrogens with two attached hydrogens (primary N) is 1. The van der Waals surface area contributed by atoms with Gasteiger partial charge in [0.05, 0.1) is 19.3 Å². The third-order valence-electron chi connectivity index (χ3n) is 4.72. The highest BCUT2D eigenvalue weighted by Crippen LogP contribution is 2.24. The second kappa shape index (κ2) is 10.1. The van der Waals surface area contributed by atoms with Crippen molar-refractivity contribution >= 4 is 12.0 Å². The fourth-order valence-electron chi connectivity index (χ4n) is 3.18. The molecule has 1 unspecified atom stereocenters. The van der Waals surface area contributed by atoms with Gasteiger partial charge in [0.15, 0.2) is 0 Å². The molecule has 1 aliphatic rings. The van der Waals surface area contributed by atoms with Gasteiger partial charge in [-0.1, -0.05) is 6.92 Å². The van der Waals surface area contributed by atoms with Crippen LogP contribution in [0.1, 0.15) is 40.0 Å². The number of likely N-dealkylation sites (tertiary alicyclic amines) is 1. The molecule has 0 radical (unpaired) electrons. The number of amides is 2. The Kier molecular flexibility index (Phi) is 8.54. The highest BCUT2D eigenvalue weighted by molar-refractivity contribution is 5.86. The first-order valence-corrected chi connectivity index (χ1v) is 8.72. The number of hydrogen-bond donors (Lipinski definition) is 3. The lowest BCUT2D eigenvalue weighted by Crippen LogP contribution is -2.58. The van der Waals surface area contributed by atoms with Crippen LogP contribution in [0.15, 0.2) is 11.9 Å². The Morgan fingerprint density at radius 1 is 1.36 bits per heavy atom. The minimum atomic E-state index is -0.790. The number of nitrogens with one attached hydrogen (secondary N) is 2. The Bertz CT molecular complexity index is 483. The number of carbonyl (C=O) groups excluding carboxylic acids is 2. The summed E-state index contributed by atoms with van der Waals surface area (Å²) in [7, 11) is 2.78. The molecule has 1 saturated heterocycles. The average Bonchev–Trinajstić information content (AvgIpc) is 3.11. The van der Waals surface area contributed by atoms with Gasteiger partial charge in [-0.3, -0.25) is 4.79 Å². The Morgan fingerprint density at radius 2 is 2.04 bits per heavy atom. The molecule has 8 heteroatoms. The maximum Gasteiger partial charge on any atom is 0.407 e. The quantitative estimate of drug-likeness (QED) is 0.597. The first-order chi connectivity index (χ1) is 11.9. The number of carbonyl (C=O) groups is 2. The lowest BCUT2D eigenvalue weighted by atomic mass is 10.0. The number of ether oxygens (including phenoxy) is 2. The summed E-state index contributed by atoms with van der Waals surface area (Å²) in [6.45, 7) is 6.38. The normalized spacial score (nSPS) is 21.4. The molecule has 8 nitrogen and oxygen atoms in total. The van der Waals surface area contributed by atoms with Gasteiger partial charge < -0.3 is 30.7 Å². The van der Waals surface area contributed by atoms with Crippen LogP contribution >= 0.6 is 0 Å². The van der Waals surface area contributed by atoms with Crippen LogP contribution in [0.25, 0.3) is 0 Å². The maximum atomic E-state index is 13.1. The monoisotopic (exact) mass is 356 g/mol. The molecule has 144 valence electrons. The lowest BCUT2D eigenvalue weighted by Gasteiger charge is -2.35. The van der Waals surface area contributed by atoms with Crippen molar-refractivity contribution in [3.63, 3.8) is 0 Å². The zero-order chi connectivity index (χ0) is 19.0. The van der Waals surface area contributed by atoms with Crippen LogP contribution in [-0.2, 0) is 14.3 Å². The van der Waals surface area contributed by atoms with Crippen molar-refractivity contribution in [1.29, 1.82) is 0 Å². The number of nitrogens with zero attached hydrogens (tertiary/aromatic N) is 1. The van der Waals surface area contributed by atoms with Crippen molar-refractivity contribution < 1.29 is 19.1 Å². The van der Waals surface area contributed by atoms with E-state index in [0.717, 1.165) is 25.0 Å². The van der Waals surface area contributed by atoms with Gasteiger partial charge >= 0.3 is 6.09 Å². The van der Waals surface area contributed by atoms with Gasteiger partial charge in [0.2, 0.25) is 5.91 Å². The van der Waals surface area contributed by atoms with Crippen LogP contribution in [0.2, 0.25) is 0 Å². The van der Waals surface area contributed by atoms with E-state index < -0.39 is 18.2 Å². The Labute approximate surface area is 150 Å². The molecule has 1 rings (SSSR count). The van der Waals surface area contributed by atoms with Crippen molar-refractivity contribution in [2.75, 3.05) is 20.8 Å². The lowest BCUT2D eigenvalue weighted by molar-refractivity contribution is -0.137. The Balaban J connectivity index is 2.95. The zero-order valence-electron chi connectivity index (χ0n) is 15.9. The molecule has 4 N–H and O–H groups in total. The zero-order valence-corrected chi connectivity index (χ0v) is 15.9. The van der Waals surface area contributed by atoms with Gasteiger partial charge in [-0.15, -0.1) is 0 Å². The van der Waals surface area contributed by atoms with Crippen LogP contribution in [0.3, 0.4) is 0 Å². The average molecular weight is 356 g/mol. The summed E-state index contributed by atoms with van der Waals surface area (Å²) in [4.78, 5) is 26.6.